The maximum Gasteiger partial charge on any atom is 0.267 e. The quantitative estimate of drug-likeness (QED) is 0.742. The molecule has 3 fully saturated rings. The van der Waals surface area contributed by atoms with Crippen LogP contribution in [-0.4, -0.2) is 31.8 Å². The van der Waals surface area contributed by atoms with Gasteiger partial charge in [-0.25, -0.2) is 4.98 Å². The van der Waals surface area contributed by atoms with Crippen molar-refractivity contribution in [3.05, 3.63) is 29.8 Å². The number of hydrogen-bond acceptors (Lipinski definition) is 5. The first-order chi connectivity index (χ1) is 12.2. The lowest BCUT2D eigenvalue weighted by atomic mass is 9.88. The van der Waals surface area contributed by atoms with Crippen molar-refractivity contribution in [2.24, 2.45) is 11.8 Å². The predicted molar refractivity (Wildman–Crippen MR) is 96.7 cm³/mol. The minimum atomic E-state index is -0.0662. The van der Waals surface area contributed by atoms with E-state index < -0.39 is 0 Å². The fourth-order valence-electron chi connectivity index (χ4n) is 4.54. The summed E-state index contributed by atoms with van der Waals surface area (Å²) < 4.78 is 4.52. The van der Waals surface area contributed by atoms with Crippen molar-refractivity contribution in [1.29, 1.82) is 0 Å². The maximum absolute atomic E-state index is 12.5. The Balaban J connectivity index is 1.30. The fraction of sp³-hybridized carbons (Fsp3) is 0.611. The summed E-state index contributed by atoms with van der Waals surface area (Å²) in [4.78, 5) is 20.2. The first-order valence-electron chi connectivity index (χ1n) is 9.25. The highest BCUT2D eigenvalue weighted by Crippen LogP contribution is 2.49. The van der Waals surface area contributed by atoms with E-state index >= 15 is 0 Å². The maximum atomic E-state index is 12.5. The smallest absolute Gasteiger partial charge is 0.267 e. The van der Waals surface area contributed by atoms with Crippen LogP contribution in [0.2, 0.25) is 0 Å². The van der Waals surface area contributed by atoms with E-state index in [2.05, 4.69) is 20.0 Å². The Hall–Kier alpha value is -1.89. The number of carbonyl (C=O) groups excluding carboxylic acids is 1. The van der Waals surface area contributed by atoms with E-state index in [4.69, 9.17) is 4.98 Å². The van der Waals surface area contributed by atoms with Gasteiger partial charge in [0.05, 0.1) is 11.6 Å². The van der Waals surface area contributed by atoms with E-state index in [1.807, 2.05) is 12.1 Å². The van der Waals surface area contributed by atoms with Gasteiger partial charge in [0.1, 0.15) is 11.5 Å². The Morgan fingerprint density at radius 1 is 1.40 bits per heavy atom. The number of aromatic amines is 1. The van der Waals surface area contributed by atoms with Crippen molar-refractivity contribution < 1.29 is 4.79 Å². The number of hydrogen-bond donors (Lipinski definition) is 3. The largest absolute Gasteiger partial charge is 0.357 e. The van der Waals surface area contributed by atoms with Crippen LogP contribution in [0.25, 0.3) is 0 Å². The SMILES string of the molecule is O=C(NC1CC2CCC1(Nc1nc(CC3CC3)ns1)C2)c1ccc[nH]1. The van der Waals surface area contributed by atoms with E-state index in [-0.39, 0.29) is 17.5 Å². The molecule has 0 radical (unpaired) electrons. The van der Waals surface area contributed by atoms with Crippen molar-refractivity contribution >= 4 is 22.6 Å². The van der Waals surface area contributed by atoms with E-state index in [1.54, 1.807) is 6.20 Å². The molecule has 0 aromatic carbocycles. The van der Waals surface area contributed by atoms with Crippen molar-refractivity contribution in [3.8, 4) is 0 Å². The lowest BCUT2D eigenvalue weighted by molar-refractivity contribution is 0.0915. The normalized spacial score (nSPS) is 30.6. The predicted octanol–water partition coefficient (Wildman–Crippen LogP) is 2.97. The van der Waals surface area contributed by atoms with Gasteiger partial charge in [-0.2, -0.15) is 4.37 Å². The third-order valence-electron chi connectivity index (χ3n) is 6.03. The molecular weight excluding hydrogens is 334 g/mol. The summed E-state index contributed by atoms with van der Waals surface area (Å²) in [5.41, 5.74) is 0.559. The van der Waals surface area contributed by atoms with Gasteiger partial charge in [0, 0.05) is 24.2 Å². The van der Waals surface area contributed by atoms with Crippen LogP contribution in [0.15, 0.2) is 18.3 Å². The molecule has 2 aromatic heterocycles. The van der Waals surface area contributed by atoms with Crippen molar-refractivity contribution in [2.45, 2.75) is 56.5 Å². The lowest BCUT2D eigenvalue weighted by Crippen LogP contribution is -2.54. The molecule has 132 valence electrons. The number of nitrogens with zero attached hydrogens (tertiary/aromatic N) is 2. The summed E-state index contributed by atoms with van der Waals surface area (Å²) in [7, 11) is 0. The van der Waals surface area contributed by atoms with Crippen LogP contribution in [0.3, 0.4) is 0 Å². The first kappa shape index (κ1) is 15.4. The molecule has 3 aliphatic carbocycles. The van der Waals surface area contributed by atoms with Gasteiger partial charge >= 0.3 is 0 Å². The van der Waals surface area contributed by atoms with Crippen molar-refractivity contribution in [1.82, 2.24) is 19.7 Å². The second kappa shape index (κ2) is 5.83. The molecule has 1 amide bonds. The topological polar surface area (TPSA) is 82.7 Å². The molecule has 7 heteroatoms. The van der Waals surface area contributed by atoms with Crippen LogP contribution >= 0.6 is 11.5 Å². The Kier molecular flexibility index (Phi) is 3.58. The zero-order valence-corrected chi connectivity index (χ0v) is 14.9. The van der Waals surface area contributed by atoms with Crippen LogP contribution < -0.4 is 10.6 Å². The number of nitrogens with one attached hydrogen (secondary N) is 3. The second-order valence-corrected chi connectivity index (χ2v) is 8.65. The number of anilines is 1. The Bertz CT molecular complexity index is 768. The standard InChI is InChI=1S/C18H23N5OS/c24-16(13-2-1-7-19-13)20-14-8-12-5-6-18(14,10-12)22-17-21-15(23-25-17)9-11-3-4-11/h1-2,7,11-12,14,19H,3-6,8-10H2,(H,20,24)(H,21,22,23). The van der Waals surface area contributed by atoms with Crippen molar-refractivity contribution in [2.75, 3.05) is 5.32 Å². The molecule has 5 rings (SSSR count). The molecule has 3 aliphatic rings. The van der Waals surface area contributed by atoms with Crippen LogP contribution in [0, 0.1) is 11.8 Å². The van der Waals surface area contributed by atoms with Gasteiger partial charge in [-0.05, 0) is 62.5 Å². The van der Waals surface area contributed by atoms with Crippen LogP contribution in [-0.2, 0) is 6.42 Å². The first-order valence-corrected chi connectivity index (χ1v) is 10.0. The Morgan fingerprint density at radius 3 is 3.08 bits per heavy atom. The minimum absolute atomic E-state index is 0.0181. The van der Waals surface area contributed by atoms with Gasteiger partial charge in [0.25, 0.3) is 5.91 Å². The van der Waals surface area contributed by atoms with Gasteiger partial charge in [-0.1, -0.05) is 0 Å². The van der Waals surface area contributed by atoms with Gasteiger partial charge in [0.2, 0.25) is 5.13 Å². The molecule has 6 nitrogen and oxygen atoms in total. The zero-order valence-electron chi connectivity index (χ0n) is 14.1. The average molecular weight is 357 g/mol. The van der Waals surface area contributed by atoms with Crippen LogP contribution in [0.4, 0.5) is 5.13 Å². The summed E-state index contributed by atoms with van der Waals surface area (Å²) >= 11 is 1.47. The van der Waals surface area contributed by atoms with Gasteiger partial charge in [0.15, 0.2) is 0 Å². The molecule has 0 aliphatic heterocycles. The second-order valence-electron chi connectivity index (χ2n) is 7.90. The van der Waals surface area contributed by atoms with Crippen LogP contribution in [0.1, 0.15) is 54.8 Å². The number of aromatic nitrogens is 3. The molecule has 0 spiro atoms. The molecule has 3 N–H and O–H groups in total. The molecule has 25 heavy (non-hydrogen) atoms. The number of carbonyl (C=O) groups is 1. The highest BCUT2D eigenvalue weighted by molar-refractivity contribution is 7.09. The number of H-pyrrole nitrogens is 1. The summed E-state index contributed by atoms with van der Waals surface area (Å²) in [5.74, 6) is 2.46. The molecule has 2 heterocycles. The zero-order chi connectivity index (χ0) is 16.9. The van der Waals surface area contributed by atoms with Gasteiger partial charge in [-0.3, -0.25) is 4.79 Å². The molecule has 2 bridgehead atoms. The number of rotatable bonds is 6. The summed E-state index contributed by atoms with van der Waals surface area (Å²) in [6.07, 6.45) is 9.92. The molecule has 3 atom stereocenters. The minimum Gasteiger partial charge on any atom is -0.357 e. The third-order valence-corrected chi connectivity index (χ3v) is 6.70. The molecule has 3 saturated carbocycles. The Labute approximate surface area is 151 Å². The lowest BCUT2D eigenvalue weighted by Gasteiger charge is -2.36. The highest BCUT2D eigenvalue weighted by atomic mass is 32.1. The van der Waals surface area contributed by atoms with E-state index in [0.29, 0.717) is 11.6 Å². The van der Waals surface area contributed by atoms with Crippen LogP contribution in [0.5, 0.6) is 0 Å². The molecule has 3 unspecified atom stereocenters. The summed E-state index contributed by atoms with van der Waals surface area (Å²) in [6, 6.07) is 3.82. The number of amides is 1. The number of fused-ring (bicyclic) bond motifs is 2. The summed E-state index contributed by atoms with van der Waals surface area (Å²) in [6.45, 7) is 0. The highest BCUT2D eigenvalue weighted by Gasteiger charge is 2.53. The van der Waals surface area contributed by atoms with Gasteiger partial charge in [-0.15, -0.1) is 0 Å². The fourth-order valence-corrected chi connectivity index (χ4v) is 5.25. The van der Waals surface area contributed by atoms with E-state index in [0.717, 1.165) is 42.6 Å². The van der Waals surface area contributed by atoms with Crippen molar-refractivity contribution in [3.63, 3.8) is 0 Å². The molecule has 2 aromatic rings. The van der Waals surface area contributed by atoms with E-state index in [9.17, 15) is 4.79 Å². The third kappa shape index (κ3) is 2.94. The van der Waals surface area contributed by atoms with Gasteiger partial charge < -0.3 is 15.6 Å². The summed E-state index contributed by atoms with van der Waals surface area (Å²) in [5, 5.41) is 7.84. The molecular formula is C18H23N5OS. The van der Waals surface area contributed by atoms with E-state index in [1.165, 1.54) is 30.8 Å². The monoisotopic (exact) mass is 357 g/mol. The average Bonchev–Trinajstić information content (AvgIpc) is 3.05. The Morgan fingerprint density at radius 2 is 2.32 bits per heavy atom. The molecule has 0 saturated heterocycles.